The minimum Gasteiger partial charge on any atom is -0.467 e. The molecule has 0 radical (unpaired) electrons. The van der Waals surface area contributed by atoms with Gasteiger partial charge in [-0.2, -0.15) is 5.10 Å². The molecule has 0 saturated heterocycles. The third kappa shape index (κ3) is 6.34. The molecule has 160 valence electrons. The molecule has 0 saturated carbocycles. The minimum absolute atomic E-state index is 0. The summed E-state index contributed by atoms with van der Waals surface area (Å²) in [6.07, 6.45) is 1.58. The summed E-state index contributed by atoms with van der Waals surface area (Å²) < 4.78 is 7.13. The second-order valence-electron chi connectivity index (χ2n) is 6.60. The van der Waals surface area contributed by atoms with Crippen LogP contribution in [0.1, 0.15) is 22.7 Å². The van der Waals surface area contributed by atoms with E-state index in [2.05, 4.69) is 26.0 Å². The van der Waals surface area contributed by atoms with Crippen LogP contribution in [0.15, 0.2) is 58.1 Å². The predicted octanol–water partition coefficient (Wildman–Crippen LogP) is 2.68. The largest absolute Gasteiger partial charge is 0.467 e. The highest BCUT2D eigenvalue weighted by Crippen LogP contribution is 2.16. The Hall–Kier alpha value is -2.82. The molecule has 3 aromatic rings. The number of para-hydroxylation sites is 1. The number of amides is 1. The second kappa shape index (κ2) is 11.4. The summed E-state index contributed by atoms with van der Waals surface area (Å²) in [6, 6.07) is 13.7. The summed E-state index contributed by atoms with van der Waals surface area (Å²) in [4.78, 5) is 16.2. The first-order chi connectivity index (χ1) is 14.1. The minimum atomic E-state index is -0.146. The van der Waals surface area contributed by atoms with E-state index in [1.807, 2.05) is 54.9 Å². The Kier molecular flexibility index (Phi) is 8.90. The van der Waals surface area contributed by atoms with Crippen LogP contribution in [0.2, 0.25) is 0 Å². The number of aryl methyl sites for hydroxylation is 2. The van der Waals surface area contributed by atoms with Gasteiger partial charge in [0, 0.05) is 19.3 Å². The second-order valence-corrected chi connectivity index (χ2v) is 6.60. The molecular weight excluding hydrogens is 495 g/mol. The molecule has 1 amide bonds. The van der Waals surface area contributed by atoms with E-state index in [9.17, 15) is 4.79 Å². The fourth-order valence-electron chi connectivity index (χ4n) is 2.96. The quantitative estimate of drug-likeness (QED) is 0.252. The van der Waals surface area contributed by atoms with Gasteiger partial charge in [-0.1, -0.05) is 18.2 Å². The molecule has 0 fully saturated rings. The number of benzene rings is 1. The van der Waals surface area contributed by atoms with E-state index < -0.39 is 0 Å². The number of aromatic nitrogens is 2. The average molecular weight is 522 g/mol. The van der Waals surface area contributed by atoms with E-state index in [-0.39, 0.29) is 36.4 Å². The Labute approximate surface area is 193 Å². The van der Waals surface area contributed by atoms with Gasteiger partial charge in [-0.15, -0.1) is 24.0 Å². The van der Waals surface area contributed by atoms with Gasteiger partial charge in [-0.05, 0) is 43.7 Å². The van der Waals surface area contributed by atoms with Gasteiger partial charge in [0.2, 0.25) is 5.91 Å². The number of nitrogens with one attached hydrogen (secondary N) is 3. The number of hydrogen-bond acceptors (Lipinski definition) is 4. The zero-order valence-electron chi connectivity index (χ0n) is 17.3. The van der Waals surface area contributed by atoms with Crippen LogP contribution in [0.4, 0.5) is 0 Å². The van der Waals surface area contributed by atoms with Crippen molar-refractivity contribution in [3.63, 3.8) is 0 Å². The maximum Gasteiger partial charge on any atom is 0.239 e. The summed E-state index contributed by atoms with van der Waals surface area (Å²) in [6.45, 7) is 5.02. The van der Waals surface area contributed by atoms with Crippen LogP contribution in [-0.2, 0) is 17.9 Å². The predicted molar refractivity (Wildman–Crippen MR) is 127 cm³/mol. The average Bonchev–Trinajstić information content (AvgIpc) is 3.36. The van der Waals surface area contributed by atoms with E-state index in [0.717, 1.165) is 22.6 Å². The summed E-state index contributed by atoms with van der Waals surface area (Å²) >= 11 is 0. The lowest BCUT2D eigenvalue weighted by Gasteiger charge is -2.15. The van der Waals surface area contributed by atoms with Crippen molar-refractivity contribution in [1.29, 1.82) is 0 Å². The van der Waals surface area contributed by atoms with Crippen molar-refractivity contribution in [2.75, 3.05) is 13.6 Å². The van der Waals surface area contributed by atoms with Crippen molar-refractivity contribution >= 4 is 35.8 Å². The van der Waals surface area contributed by atoms with E-state index in [1.165, 1.54) is 0 Å². The summed E-state index contributed by atoms with van der Waals surface area (Å²) in [5.74, 6) is 1.11. The van der Waals surface area contributed by atoms with Gasteiger partial charge >= 0.3 is 0 Å². The first-order valence-electron chi connectivity index (χ1n) is 9.42. The number of rotatable bonds is 7. The Morgan fingerprint density at radius 1 is 1.10 bits per heavy atom. The molecule has 2 aromatic heterocycles. The van der Waals surface area contributed by atoms with Gasteiger partial charge in [0.05, 0.1) is 30.7 Å². The Morgan fingerprint density at radius 2 is 1.90 bits per heavy atom. The molecule has 0 spiro atoms. The highest BCUT2D eigenvalue weighted by atomic mass is 127. The van der Waals surface area contributed by atoms with E-state index >= 15 is 0 Å². The van der Waals surface area contributed by atoms with Crippen LogP contribution < -0.4 is 16.0 Å². The van der Waals surface area contributed by atoms with Crippen molar-refractivity contribution in [3.8, 4) is 5.69 Å². The first kappa shape index (κ1) is 23.5. The lowest BCUT2D eigenvalue weighted by molar-refractivity contribution is -0.120. The Bertz CT molecular complexity index is 981. The maximum atomic E-state index is 12.0. The molecule has 0 aliphatic carbocycles. The normalized spacial score (nSPS) is 11.0. The van der Waals surface area contributed by atoms with Crippen molar-refractivity contribution in [1.82, 2.24) is 25.7 Å². The molecule has 3 N–H and O–H groups in total. The molecule has 9 heteroatoms. The van der Waals surface area contributed by atoms with Crippen LogP contribution in [0.5, 0.6) is 0 Å². The van der Waals surface area contributed by atoms with Crippen LogP contribution >= 0.6 is 24.0 Å². The van der Waals surface area contributed by atoms with Crippen LogP contribution in [0, 0.1) is 13.8 Å². The summed E-state index contributed by atoms with van der Waals surface area (Å²) in [7, 11) is 1.67. The monoisotopic (exact) mass is 522 g/mol. The molecule has 8 nitrogen and oxygen atoms in total. The number of furan rings is 1. The summed E-state index contributed by atoms with van der Waals surface area (Å²) in [5, 5.41) is 13.6. The summed E-state index contributed by atoms with van der Waals surface area (Å²) in [5.41, 5.74) is 4.13. The lowest BCUT2D eigenvalue weighted by atomic mass is 10.1. The molecular formula is C21H27IN6O2. The van der Waals surface area contributed by atoms with Gasteiger partial charge in [-0.25, -0.2) is 4.68 Å². The molecule has 0 unspecified atom stereocenters. The zero-order chi connectivity index (χ0) is 20.6. The van der Waals surface area contributed by atoms with E-state index in [0.29, 0.717) is 24.8 Å². The molecule has 30 heavy (non-hydrogen) atoms. The number of carbonyl (C=O) groups excluding carboxylic acids is 1. The highest BCUT2D eigenvalue weighted by Gasteiger charge is 2.10. The van der Waals surface area contributed by atoms with E-state index in [4.69, 9.17) is 4.42 Å². The van der Waals surface area contributed by atoms with Crippen LogP contribution in [-0.4, -0.2) is 35.2 Å². The third-order valence-electron chi connectivity index (χ3n) is 4.36. The number of aliphatic imine (C=N–C) groups is 1. The molecule has 3 rings (SSSR count). The van der Waals surface area contributed by atoms with Crippen LogP contribution in [0.3, 0.4) is 0 Å². The number of carbonyl (C=O) groups is 1. The van der Waals surface area contributed by atoms with Gasteiger partial charge in [0.1, 0.15) is 5.76 Å². The third-order valence-corrected chi connectivity index (χ3v) is 4.36. The molecule has 2 heterocycles. The zero-order valence-corrected chi connectivity index (χ0v) is 19.6. The molecule has 0 aliphatic rings. The number of guanidine groups is 1. The van der Waals surface area contributed by atoms with Crippen molar-refractivity contribution in [2.45, 2.75) is 26.9 Å². The SMILES string of the molecule is CN=C(NCC(=O)NCc1ccco1)NCc1ccccc1-n1nc(C)cc1C.I. The van der Waals surface area contributed by atoms with Crippen molar-refractivity contribution < 1.29 is 9.21 Å². The number of nitrogens with zero attached hydrogens (tertiary/aromatic N) is 3. The standard InChI is InChI=1S/C21H26N6O2.HI/c1-15-11-16(2)27(26-15)19-9-5-4-7-17(19)12-24-21(22-3)25-14-20(28)23-13-18-8-6-10-29-18;/h4-11H,12-14H2,1-3H3,(H,23,28)(H2,22,24,25);1H. The molecule has 0 bridgehead atoms. The Balaban J connectivity index is 0.00000320. The van der Waals surface area contributed by atoms with Gasteiger partial charge in [0.25, 0.3) is 0 Å². The molecule has 1 aromatic carbocycles. The maximum absolute atomic E-state index is 12.0. The molecule has 0 atom stereocenters. The smallest absolute Gasteiger partial charge is 0.239 e. The van der Waals surface area contributed by atoms with Gasteiger partial charge in [-0.3, -0.25) is 9.79 Å². The fraction of sp³-hybridized carbons (Fsp3) is 0.286. The highest BCUT2D eigenvalue weighted by molar-refractivity contribution is 14.0. The number of hydrogen-bond donors (Lipinski definition) is 3. The fourth-order valence-corrected chi connectivity index (χ4v) is 2.96. The lowest BCUT2D eigenvalue weighted by Crippen LogP contribution is -2.42. The topological polar surface area (TPSA) is 96.5 Å². The van der Waals surface area contributed by atoms with Crippen molar-refractivity contribution in [3.05, 3.63) is 71.4 Å². The van der Waals surface area contributed by atoms with Crippen molar-refractivity contribution in [2.24, 2.45) is 4.99 Å². The first-order valence-corrected chi connectivity index (χ1v) is 9.42. The number of halogens is 1. The molecule has 0 aliphatic heterocycles. The van der Waals surface area contributed by atoms with Crippen LogP contribution in [0.25, 0.3) is 5.69 Å². The van der Waals surface area contributed by atoms with Gasteiger partial charge < -0.3 is 20.4 Å². The van der Waals surface area contributed by atoms with Gasteiger partial charge in [0.15, 0.2) is 5.96 Å². The van der Waals surface area contributed by atoms with E-state index in [1.54, 1.807) is 19.4 Å². The Morgan fingerprint density at radius 3 is 2.57 bits per heavy atom.